The zero-order valence-corrected chi connectivity index (χ0v) is 14.0. The predicted molar refractivity (Wildman–Crippen MR) is 88.3 cm³/mol. The minimum atomic E-state index is -0.344. The van der Waals surface area contributed by atoms with Crippen molar-refractivity contribution in [3.05, 3.63) is 29.8 Å². The van der Waals surface area contributed by atoms with Crippen LogP contribution in [0.5, 0.6) is 11.5 Å². The van der Waals surface area contributed by atoms with Gasteiger partial charge in [0.15, 0.2) is 0 Å². The van der Waals surface area contributed by atoms with Gasteiger partial charge in [0.25, 0.3) is 0 Å². The molecule has 0 unspecified atom stereocenters. The molecular formula is C18H26O4. The lowest BCUT2D eigenvalue weighted by atomic mass is 9.97. The SMILES string of the molecule is CCCCCC/C(=C/C(=O)OC)c1ccc(OC)cc1OC. The van der Waals surface area contributed by atoms with Crippen LogP contribution in [0.3, 0.4) is 0 Å². The van der Waals surface area contributed by atoms with Gasteiger partial charge in [-0.15, -0.1) is 0 Å². The number of unbranched alkanes of at least 4 members (excludes halogenated alkanes) is 3. The smallest absolute Gasteiger partial charge is 0.330 e. The maximum atomic E-state index is 11.6. The van der Waals surface area contributed by atoms with Crippen molar-refractivity contribution in [3.8, 4) is 11.5 Å². The fourth-order valence-corrected chi connectivity index (χ4v) is 2.29. The average molecular weight is 306 g/mol. The lowest BCUT2D eigenvalue weighted by molar-refractivity contribution is -0.134. The number of carbonyl (C=O) groups is 1. The van der Waals surface area contributed by atoms with E-state index in [-0.39, 0.29) is 5.97 Å². The van der Waals surface area contributed by atoms with E-state index in [1.165, 1.54) is 20.0 Å². The van der Waals surface area contributed by atoms with E-state index in [0.29, 0.717) is 5.75 Å². The maximum Gasteiger partial charge on any atom is 0.330 e. The van der Waals surface area contributed by atoms with Crippen molar-refractivity contribution in [2.75, 3.05) is 21.3 Å². The summed E-state index contributed by atoms with van der Waals surface area (Å²) >= 11 is 0. The van der Waals surface area contributed by atoms with Gasteiger partial charge in [-0.25, -0.2) is 4.79 Å². The highest BCUT2D eigenvalue weighted by Crippen LogP contribution is 2.33. The Bertz CT molecular complexity index is 506. The molecule has 0 aliphatic rings. The van der Waals surface area contributed by atoms with Crippen molar-refractivity contribution in [3.63, 3.8) is 0 Å². The first kappa shape index (κ1) is 18.1. The normalized spacial score (nSPS) is 11.2. The van der Waals surface area contributed by atoms with Crippen molar-refractivity contribution < 1.29 is 19.0 Å². The van der Waals surface area contributed by atoms with Gasteiger partial charge in [0, 0.05) is 17.7 Å². The summed E-state index contributed by atoms with van der Waals surface area (Å²) in [6, 6.07) is 5.62. The number of allylic oxidation sites excluding steroid dienone is 1. The third-order valence-corrected chi connectivity index (χ3v) is 3.55. The number of carbonyl (C=O) groups excluding carboxylic acids is 1. The fraction of sp³-hybridized carbons (Fsp3) is 0.500. The van der Waals surface area contributed by atoms with Crippen LogP contribution in [0.1, 0.15) is 44.6 Å². The molecule has 0 spiro atoms. The van der Waals surface area contributed by atoms with Crippen LogP contribution in [0.2, 0.25) is 0 Å². The molecule has 0 N–H and O–H groups in total. The molecule has 0 aliphatic carbocycles. The standard InChI is InChI=1S/C18H26O4/c1-5-6-7-8-9-14(12-18(19)22-4)16-11-10-15(20-2)13-17(16)21-3/h10-13H,5-9H2,1-4H3/b14-12-. The van der Waals surface area contributed by atoms with Crippen LogP contribution in [-0.4, -0.2) is 27.3 Å². The van der Waals surface area contributed by atoms with Crippen LogP contribution in [0, 0.1) is 0 Å². The molecule has 0 saturated carbocycles. The average Bonchev–Trinajstić information content (AvgIpc) is 2.56. The number of benzene rings is 1. The van der Waals surface area contributed by atoms with E-state index in [0.717, 1.165) is 36.1 Å². The summed E-state index contributed by atoms with van der Waals surface area (Å²) in [4.78, 5) is 11.6. The zero-order valence-electron chi connectivity index (χ0n) is 14.0. The summed E-state index contributed by atoms with van der Waals surface area (Å²) in [6.45, 7) is 2.18. The topological polar surface area (TPSA) is 44.8 Å². The predicted octanol–water partition coefficient (Wildman–Crippen LogP) is 4.23. The molecule has 0 fully saturated rings. The van der Waals surface area contributed by atoms with Gasteiger partial charge in [-0.1, -0.05) is 26.2 Å². The van der Waals surface area contributed by atoms with Crippen molar-refractivity contribution in [1.29, 1.82) is 0 Å². The molecule has 4 heteroatoms. The van der Waals surface area contributed by atoms with Crippen molar-refractivity contribution >= 4 is 11.5 Å². The molecule has 0 aliphatic heterocycles. The molecule has 1 aromatic rings. The van der Waals surface area contributed by atoms with Crippen LogP contribution in [0.4, 0.5) is 0 Å². The molecule has 4 nitrogen and oxygen atoms in total. The largest absolute Gasteiger partial charge is 0.497 e. The monoisotopic (exact) mass is 306 g/mol. The van der Waals surface area contributed by atoms with Crippen molar-refractivity contribution in [2.45, 2.75) is 39.0 Å². The van der Waals surface area contributed by atoms with E-state index in [2.05, 4.69) is 6.92 Å². The summed E-state index contributed by atoms with van der Waals surface area (Å²) in [5, 5.41) is 0. The Morgan fingerprint density at radius 2 is 1.86 bits per heavy atom. The van der Waals surface area contributed by atoms with Gasteiger partial charge in [0.05, 0.1) is 21.3 Å². The first-order chi connectivity index (χ1) is 10.7. The van der Waals surface area contributed by atoms with Crippen LogP contribution in [-0.2, 0) is 9.53 Å². The van der Waals surface area contributed by atoms with Crippen LogP contribution < -0.4 is 9.47 Å². The summed E-state index contributed by atoms with van der Waals surface area (Å²) in [6.07, 6.45) is 6.93. The Morgan fingerprint density at radius 3 is 2.45 bits per heavy atom. The number of rotatable bonds is 9. The minimum Gasteiger partial charge on any atom is -0.497 e. The van der Waals surface area contributed by atoms with Gasteiger partial charge in [0.1, 0.15) is 11.5 Å². The van der Waals surface area contributed by atoms with Crippen molar-refractivity contribution in [2.24, 2.45) is 0 Å². The molecule has 0 bridgehead atoms. The Kier molecular flexibility index (Phi) is 8.11. The Balaban J connectivity index is 3.04. The van der Waals surface area contributed by atoms with Crippen molar-refractivity contribution in [1.82, 2.24) is 0 Å². The number of hydrogen-bond acceptors (Lipinski definition) is 4. The van der Waals surface area contributed by atoms with Crippen LogP contribution >= 0.6 is 0 Å². The first-order valence-electron chi connectivity index (χ1n) is 7.67. The summed E-state index contributed by atoms with van der Waals surface area (Å²) in [5.41, 5.74) is 1.84. The summed E-state index contributed by atoms with van der Waals surface area (Å²) < 4.78 is 15.4. The fourth-order valence-electron chi connectivity index (χ4n) is 2.29. The highest BCUT2D eigenvalue weighted by Gasteiger charge is 2.12. The molecule has 0 amide bonds. The number of ether oxygens (including phenoxy) is 3. The lowest BCUT2D eigenvalue weighted by Gasteiger charge is -2.13. The summed E-state index contributed by atoms with van der Waals surface area (Å²) in [5.74, 6) is 1.08. The second-order valence-corrected chi connectivity index (χ2v) is 5.07. The highest BCUT2D eigenvalue weighted by molar-refractivity contribution is 5.92. The molecule has 1 aromatic carbocycles. The number of esters is 1. The van der Waals surface area contributed by atoms with Crippen LogP contribution in [0.15, 0.2) is 24.3 Å². The van der Waals surface area contributed by atoms with E-state index < -0.39 is 0 Å². The van der Waals surface area contributed by atoms with E-state index in [1.807, 2.05) is 18.2 Å². The summed E-state index contributed by atoms with van der Waals surface area (Å²) in [7, 11) is 4.62. The quantitative estimate of drug-likeness (QED) is 0.389. The number of hydrogen-bond donors (Lipinski definition) is 0. The lowest BCUT2D eigenvalue weighted by Crippen LogP contribution is -1.99. The molecule has 0 saturated heterocycles. The molecule has 0 atom stereocenters. The maximum absolute atomic E-state index is 11.6. The van der Waals surface area contributed by atoms with E-state index in [9.17, 15) is 4.79 Å². The first-order valence-corrected chi connectivity index (χ1v) is 7.67. The minimum absolute atomic E-state index is 0.344. The van der Waals surface area contributed by atoms with Gasteiger partial charge >= 0.3 is 5.97 Å². The van der Waals surface area contributed by atoms with Gasteiger partial charge < -0.3 is 14.2 Å². The van der Waals surface area contributed by atoms with E-state index in [4.69, 9.17) is 14.2 Å². The van der Waals surface area contributed by atoms with Gasteiger partial charge in [-0.3, -0.25) is 0 Å². The van der Waals surface area contributed by atoms with Gasteiger partial charge in [0.2, 0.25) is 0 Å². The number of methoxy groups -OCH3 is 3. The van der Waals surface area contributed by atoms with Gasteiger partial charge in [-0.2, -0.15) is 0 Å². The molecule has 0 aromatic heterocycles. The second kappa shape index (κ2) is 9.87. The second-order valence-electron chi connectivity index (χ2n) is 5.07. The third-order valence-electron chi connectivity index (χ3n) is 3.55. The Labute approximate surface area is 133 Å². The van der Waals surface area contributed by atoms with E-state index >= 15 is 0 Å². The van der Waals surface area contributed by atoms with Crippen LogP contribution in [0.25, 0.3) is 5.57 Å². The molecular weight excluding hydrogens is 280 g/mol. The molecule has 1 rings (SSSR count). The van der Waals surface area contributed by atoms with E-state index in [1.54, 1.807) is 20.3 Å². The Hall–Kier alpha value is -1.97. The molecule has 0 radical (unpaired) electrons. The molecule has 22 heavy (non-hydrogen) atoms. The Morgan fingerprint density at radius 1 is 1.09 bits per heavy atom. The highest BCUT2D eigenvalue weighted by atomic mass is 16.5. The third kappa shape index (κ3) is 5.43. The molecule has 0 heterocycles. The molecule has 122 valence electrons. The van der Waals surface area contributed by atoms with Gasteiger partial charge in [-0.05, 0) is 30.5 Å². The zero-order chi connectivity index (χ0) is 16.4.